The highest BCUT2D eigenvalue weighted by Gasteiger charge is 2.13. The maximum absolute atomic E-state index is 11.7. The monoisotopic (exact) mass is 309 g/mol. The minimum atomic E-state index is -0.795. The predicted octanol–water partition coefficient (Wildman–Crippen LogP) is 1.20. The summed E-state index contributed by atoms with van der Waals surface area (Å²) in [5, 5.41) is 4.79. The van der Waals surface area contributed by atoms with Crippen LogP contribution in [0.2, 0.25) is 0 Å². The van der Waals surface area contributed by atoms with E-state index >= 15 is 0 Å². The van der Waals surface area contributed by atoms with Crippen LogP contribution in [-0.2, 0) is 9.59 Å². The summed E-state index contributed by atoms with van der Waals surface area (Å²) in [5.74, 6) is -0.950. The molecule has 0 bridgehead atoms. The highest BCUT2D eigenvalue weighted by Crippen LogP contribution is 2.19. The Kier molecular flexibility index (Phi) is 6.61. The number of ether oxygens (including phenoxy) is 1. The lowest BCUT2D eigenvalue weighted by Crippen LogP contribution is -2.39. The predicted molar refractivity (Wildman–Crippen MR) is 85.2 cm³/mol. The fraction of sp³-hybridized carbons (Fsp3) is 0.357. The molecule has 2 amide bonds. The van der Waals surface area contributed by atoms with Crippen LogP contribution in [0.3, 0.4) is 0 Å². The molecule has 4 N–H and O–H groups in total. The Bertz CT molecular complexity index is 534. The molecule has 0 fully saturated rings. The lowest BCUT2D eigenvalue weighted by Gasteiger charge is -2.13. The summed E-state index contributed by atoms with van der Waals surface area (Å²) in [4.78, 5) is 23.3. The van der Waals surface area contributed by atoms with Gasteiger partial charge in [0.05, 0.1) is 17.6 Å². The van der Waals surface area contributed by atoms with Crippen molar-refractivity contribution in [2.75, 3.05) is 11.9 Å². The van der Waals surface area contributed by atoms with Gasteiger partial charge >= 0.3 is 11.8 Å². The van der Waals surface area contributed by atoms with E-state index in [1.54, 1.807) is 24.3 Å². The van der Waals surface area contributed by atoms with Gasteiger partial charge in [-0.25, -0.2) is 0 Å². The first-order valence-corrected chi connectivity index (χ1v) is 6.97. The van der Waals surface area contributed by atoms with E-state index in [1.165, 1.54) is 0 Å². The van der Waals surface area contributed by atoms with Crippen molar-refractivity contribution < 1.29 is 14.3 Å². The third kappa shape index (κ3) is 6.22. The molecule has 6 nitrogen and oxygen atoms in total. The summed E-state index contributed by atoms with van der Waals surface area (Å²) in [7, 11) is 0. The Balaban J connectivity index is 2.61. The molecular weight excluding hydrogens is 290 g/mol. The van der Waals surface area contributed by atoms with Crippen molar-refractivity contribution >= 4 is 34.7 Å². The molecule has 0 radical (unpaired) electrons. The Labute approximate surface area is 129 Å². The summed E-state index contributed by atoms with van der Waals surface area (Å²) < 4.78 is 5.64. The minimum Gasteiger partial charge on any atom is -0.491 e. The van der Waals surface area contributed by atoms with Crippen molar-refractivity contribution in [3.05, 3.63) is 24.3 Å². The van der Waals surface area contributed by atoms with Crippen LogP contribution in [-0.4, -0.2) is 29.5 Å². The number of hydrogen-bond acceptors (Lipinski definition) is 4. The van der Waals surface area contributed by atoms with Gasteiger partial charge in [-0.15, -0.1) is 0 Å². The molecule has 1 aromatic rings. The van der Waals surface area contributed by atoms with Gasteiger partial charge in [0.15, 0.2) is 0 Å². The SMILES string of the molecule is CCC(C)Oc1cccc(NC(=O)C(=O)NCC(N)=S)c1. The van der Waals surface area contributed by atoms with Crippen LogP contribution in [0.4, 0.5) is 5.69 Å². The van der Waals surface area contributed by atoms with E-state index in [-0.39, 0.29) is 17.6 Å². The average Bonchev–Trinajstić information content (AvgIpc) is 2.44. The van der Waals surface area contributed by atoms with Crippen molar-refractivity contribution in [2.24, 2.45) is 5.73 Å². The standard InChI is InChI=1S/C14H19N3O3S/c1-3-9(2)20-11-6-4-5-10(7-11)17-14(19)13(18)16-8-12(15)21/h4-7,9H,3,8H2,1-2H3,(H2,15,21)(H,16,18)(H,17,19). The van der Waals surface area contributed by atoms with Crippen molar-refractivity contribution in [1.82, 2.24) is 5.32 Å². The van der Waals surface area contributed by atoms with Crippen LogP contribution < -0.4 is 21.1 Å². The second-order valence-corrected chi connectivity index (χ2v) is 4.99. The highest BCUT2D eigenvalue weighted by atomic mass is 32.1. The molecule has 0 aliphatic rings. The number of rotatable bonds is 6. The number of nitrogens with one attached hydrogen (secondary N) is 2. The Morgan fingerprint density at radius 2 is 2.10 bits per heavy atom. The number of carbonyl (C=O) groups excluding carboxylic acids is 2. The number of carbonyl (C=O) groups is 2. The summed E-state index contributed by atoms with van der Waals surface area (Å²) >= 11 is 4.61. The number of amides is 2. The van der Waals surface area contributed by atoms with Gasteiger partial charge in [0.25, 0.3) is 0 Å². The molecule has 1 aromatic carbocycles. The molecule has 0 saturated heterocycles. The quantitative estimate of drug-likeness (QED) is 0.542. The second kappa shape index (κ2) is 8.21. The van der Waals surface area contributed by atoms with Gasteiger partial charge in [0, 0.05) is 11.8 Å². The Morgan fingerprint density at radius 3 is 2.71 bits per heavy atom. The van der Waals surface area contributed by atoms with Gasteiger partial charge in [0.2, 0.25) is 0 Å². The molecule has 1 atom stereocenters. The van der Waals surface area contributed by atoms with Crippen LogP contribution >= 0.6 is 12.2 Å². The van der Waals surface area contributed by atoms with Crippen LogP contribution in [0.5, 0.6) is 5.75 Å². The van der Waals surface area contributed by atoms with Gasteiger partial charge in [-0.05, 0) is 25.5 Å². The molecule has 0 spiro atoms. The zero-order valence-electron chi connectivity index (χ0n) is 12.0. The summed E-state index contributed by atoms with van der Waals surface area (Å²) in [6.45, 7) is 3.95. The number of benzene rings is 1. The van der Waals surface area contributed by atoms with Gasteiger partial charge in [-0.2, -0.15) is 0 Å². The molecular formula is C14H19N3O3S. The maximum Gasteiger partial charge on any atom is 0.313 e. The number of thiocarbonyl (C=S) groups is 1. The van der Waals surface area contributed by atoms with E-state index < -0.39 is 11.8 Å². The molecule has 114 valence electrons. The van der Waals surface area contributed by atoms with Crippen molar-refractivity contribution in [3.8, 4) is 5.75 Å². The number of hydrogen-bond donors (Lipinski definition) is 3. The van der Waals surface area contributed by atoms with E-state index in [4.69, 9.17) is 10.5 Å². The van der Waals surface area contributed by atoms with E-state index in [1.807, 2.05) is 13.8 Å². The molecule has 1 rings (SSSR count). The number of nitrogens with two attached hydrogens (primary N) is 1. The van der Waals surface area contributed by atoms with Crippen LogP contribution in [0.15, 0.2) is 24.3 Å². The van der Waals surface area contributed by atoms with Crippen molar-refractivity contribution in [3.63, 3.8) is 0 Å². The Hall–Kier alpha value is -2.15. The average molecular weight is 309 g/mol. The van der Waals surface area contributed by atoms with Gasteiger partial charge in [-0.3, -0.25) is 9.59 Å². The van der Waals surface area contributed by atoms with Crippen LogP contribution in [0, 0.1) is 0 Å². The van der Waals surface area contributed by atoms with E-state index in [9.17, 15) is 9.59 Å². The molecule has 7 heteroatoms. The normalized spacial score (nSPS) is 11.3. The number of anilines is 1. The largest absolute Gasteiger partial charge is 0.491 e. The zero-order valence-corrected chi connectivity index (χ0v) is 12.8. The molecule has 0 heterocycles. The zero-order chi connectivity index (χ0) is 15.8. The smallest absolute Gasteiger partial charge is 0.313 e. The van der Waals surface area contributed by atoms with Crippen molar-refractivity contribution in [2.45, 2.75) is 26.4 Å². The molecule has 0 aliphatic carbocycles. The Morgan fingerprint density at radius 1 is 1.38 bits per heavy atom. The molecule has 0 aromatic heterocycles. The van der Waals surface area contributed by atoms with Gasteiger partial charge in [0.1, 0.15) is 5.75 Å². The molecule has 1 unspecified atom stereocenters. The summed E-state index contributed by atoms with van der Waals surface area (Å²) in [6, 6.07) is 6.85. The second-order valence-electron chi connectivity index (χ2n) is 4.47. The minimum absolute atomic E-state index is 0.0151. The lowest BCUT2D eigenvalue weighted by atomic mass is 10.2. The molecule has 0 saturated carbocycles. The summed E-state index contributed by atoms with van der Waals surface area (Å²) in [6.07, 6.45) is 0.947. The lowest BCUT2D eigenvalue weighted by molar-refractivity contribution is -0.135. The summed E-state index contributed by atoms with van der Waals surface area (Å²) in [5.41, 5.74) is 5.72. The third-order valence-electron chi connectivity index (χ3n) is 2.63. The molecule has 0 aliphatic heterocycles. The highest BCUT2D eigenvalue weighted by molar-refractivity contribution is 7.80. The third-order valence-corrected chi connectivity index (χ3v) is 2.78. The van der Waals surface area contributed by atoms with E-state index in [2.05, 4.69) is 22.9 Å². The van der Waals surface area contributed by atoms with Crippen LogP contribution in [0.1, 0.15) is 20.3 Å². The fourth-order valence-corrected chi connectivity index (χ4v) is 1.47. The van der Waals surface area contributed by atoms with E-state index in [0.29, 0.717) is 11.4 Å². The maximum atomic E-state index is 11.7. The van der Waals surface area contributed by atoms with Crippen LogP contribution in [0.25, 0.3) is 0 Å². The van der Waals surface area contributed by atoms with Crippen molar-refractivity contribution in [1.29, 1.82) is 0 Å². The van der Waals surface area contributed by atoms with Gasteiger partial charge < -0.3 is 21.1 Å². The first kappa shape index (κ1) is 16.9. The first-order valence-electron chi connectivity index (χ1n) is 6.56. The van der Waals surface area contributed by atoms with Gasteiger partial charge in [-0.1, -0.05) is 25.2 Å². The topological polar surface area (TPSA) is 93.4 Å². The van der Waals surface area contributed by atoms with E-state index in [0.717, 1.165) is 6.42 Å². The molecule has 21 heavy (non-hydrogen) atoms. The fourth-order valence-electron chi connectivity index (χ4n) is 1.40. The first-order chi connectivity index (χ1) is 9.92.